The van der Waals surface area contributed by atoms with Crippen molar-refractivity contribution < 1.29 is 24.0 Å². The monoisotopic (exact) mass is 413 g/mol. The third-order valence-corrected chi connectivity index (χ3v) is 3.97. The summed E-state index contributed by atoms with van der Waals surface area (Å²) in [6.07, 6.45) is 0. The standard InChI is InChI=1S/C22H27N3O5/c1-16-7-5-4-6-8-18(15-25(2)3)20(30-16)22(27)23-13-14-29-19-11-9-17(10-12-19)21(26)24-28/h4-12,28H,13-15H2,1-3H3,(H,23,27)(H,24,26). The first-order valence-corrected chi connectivity index (χ1v) is 9.43. The molecule has 0 saturated carbocycles. The molecule has 0 unspecified atom stereocenters. The summed E-state index contributed by atoms with van der Waals surface area (Å²) in [5.41, 5.74) is 2.64. The number of hydrogen-bond donors (Lipinski definition) is 3. The number of nitrogens with one attached hydrogen (secondary N) is 2. The molecule has 0 spiro atoms. The number of aryl methyl sites for hydroxylation is 1. The van der Waals surface area contributed by atoms with Crippen LogP contribution < -0.4 is 15.5 Å². The summed E-state index contributed by atoms with van der Waals surface area (Å²) in [5.74, 6) is 0.470. The Kier molecular flexibility index (Phi) is 8.86. The maximum absolute atomic E-state index is 12.8. The Morgan fingerprint density at radius 3 is 2.40 bits per heavy atom. The predicted octanol–water partition coefficient (Wildman–Crippen LogP) is 2.70. The van der Waals surface area contributed by atoms with Crippen LogP contribution in [0.1, 0.15) is 32.2 Å². The fourth-order valence-corrected chi connectivity index (χ4v) is 2.60. The molecule has 160 valence electrons. The highest BCUT2D eigenvalue weighted by Gasteiger charge is 2.14. The van der Waals surface area contributed by atoms with Crippen LogP contribution >= 0.6 is 0 Å². The Hall–Kier alpha value is -3.36. The van der Waals surface area contributed by atoms with Crippen LogP contribution in [-0.4, -0.2) is 49.2 Å². The third-order valence-electron chi connectivity index (χ3n) is 3.97. The largest absolute Gasteiger partial charge is 0.492 e. The van der Waals surface area contributed by atoms with Gasteiger partial charge in [-0.05, 0) is 51.4 Å². The van der Waals surface area contributed by atoms with Gasteiger partial charge in [-0.15, -0.1) is 0 Å². The fraction of sp³-hybridized carbons (Fsp3) is 0.273. The van der Waals surface area contributed by atoms with E-state index in [0.717, 1.165) is 5.56 Å². The first-order valence-electron chi connectivity index (χ1n) is 9.43. The summed E-state index contributed by atoms with van der Waals surface area (Å²) in [7, 11) is 3.84. The van der Waals surface area contributed by atoms with Gasteiger partial charge in [0.05, 0.1) is 6.54 Å². The molecule has 8 heteroatoms. The predicted molar refractivity (Wildman–Crippen MR) is 112 cm³/mol. The first kappa shape index (κ1) is 22.9. The number of carbonyl (C=O) groups is 2. The molecule has 1 aromatic carbocycles. The van der Waals surface area contributed by atoms with E-state index in [4.69, 9.17) is 14.4 Å². The Labute approximate surface area is 175 Å². The van der Waals surface area contributed by atoms with Crippen molar-refractivity contribution >= 4 is 11.8 Å². The summed E-state index contributed by atoms with van der Waals surface area (Å²) in [6.45, 7) is 2.84. The molecule has 2 rings (SSSR count). The number of benzene rings is 1. The molecular formula is C22H27N3O5. The molecule has 8 nitrogen and oxygen atoms in total. The van der Waals surface area contributed by atoms with Crippen LogP contribution in [-0.2, 0) is 6.54 Å². The molecule has 0 aliphatic rings. The van der Waals surface area contributed by atoms with E-state index in [1.54, 1.807) is 30.6 Å². The van der Waals surface area contributed by atoms with Gasteiger partial charge in [0, 0.05) is 17.7 Å². The molecule has 0 aliphatic heterocycles. The highest BCUT2D eigenvalue weighted by molar-refractivity contribution is 5.93. The van der Waals surface area contributed by atoms with Gasteiger partial charge in [-0.3, -0.25) is 14.8 Å². The van der Waals surface area contributed by atoms with E-state index in [0.29, 0.717) is 23.6 Å². The summed E-state index contributed by atoms with van der Waals surface area (Å²) in [6, 6.07) is 15.5. The zero-order valence-electron chi connectivity index (χ0n) is 17.3. The minimum Gasteiger partial charge on any atom is -0.492 e. The van der Waals surface area contributed by atoms with E-state index in [1.807, 2.05) is 43.3 Å². The quantitative estimate of drug-likeness (QED) is 0.349. The molecule has 0 fully saturated rings. The van der Waals surface area contributed by atoms with Crippen molar-refractivity contribution in [3.63, 3.8) is 0 Å². The van der Waals surface area contributed by atoms with Crippen LogP contribution in [0.4, 0.5) is 0 Å². The number of hydroxylamine groups is 1. The zero-order valence-corrected chi connectivity index (χ0v) is 17.3. The van der Waals surface area contributed by atoms with Gasteiger partial charge >= 0.3 is 0 Å². The van der Waals surface area contributed by atoms with Crippen LogP contribution in [0.3, 0.4) is 0 Å². The number of amides is 2. The Bertz CT molecular complexity index is 905. The number of rotatable bonds is 8. The number of hydrogen-bond acceptors (Lipinski definition) is 6. The molecule has 0 saturated heterocycles. The molecule has 3 N–H and O–H groups in total. The van der Waals surface area contributed by atoms with Crippen molar-refractivity contribution in [2.45, 2.75) is 13.5 Å². The van der Waals surface area contributed by atoms with Crippen molar-refractivity contribution in [2.24, 2.45) is 0 Å². The van der Waals surface area contributed by atoms with E-state index in [9.17, 15) is 9.59 Å². The van der Waals surface area contributed by atoms with Gasteiger partial charge in [0.1, 0.15) is 18.1 Å². The maximum atomic E-state index is 12.8. The highest BCUT2D eigenvalue weighted by Crippen LogP contribution is 2.13. The van der Waals surface area contributed by atoms with Crippen LogP contribution in [0.2, 0.25) is 0 Å². The SMILES string of the molecule is Cc1cccccc(CN(C)C)c(C(=O)NCCOc2ccc(C(=O)NO)cc2)o1. The molecule has 0 bridgehead atoms. The average molecular weight is 413 g/mol. The van der Waals surface area contributed by atoms with E-state index in [2.05, 4.69) is 5.32 Å². The highest BCUT2D eigenvalue weighted by atomic mass is 16.5. The molecule has 0 aliphatic carbocycles. The lowest BCUT2D eigenvalue weighted by atomic mass is 10.2. The summed E-state index contributed by atoms with van der Waals surface area (Å²) < 4.78 is 11.4. The minimum absolute atomic E-state index is 0.236. The smallest absolute Gasteiger partial charge is 0.287 e. The van der Waals surface area contributed by atoms with E-state index < -0.39 is 5.91 Å². The lowest BCUT2D eigenvalue weighted by Gasteiger charge is -2.12. The Balaban J connectivity index is 2.03. The van der Waals surface area contributed by atoms with E-state index >= 15 is 0 Å². The molecule has 0 atom stereocenters. The normalized spacial score (nSPS) is 10.3. The number of nitrogens with zero attached hydrogens (tertiary/aromatic N) is 1. The molecular weight excluding hydrogens is 386 g/mol. The van der Waals surface area contributed by atoms with Gasteiger partial charge in [0.15, 0.2) is 5.76 Å². The molecule has 30 heavy (non-hydrogen) atoms. The van der Waals surface area contributed by atoms with Gasteiger partial charge in [-0.2, -0.15) is 0 Å². The van der Waals surface area contributed by atoms with Gasteiger partial charge in [0.25, 0.3) is 11.8 Å². The van der Waals surface area contributed by atoms with Gasteiger partial charge in [-0.25, -0.2) is 5.48 Å². The topological polar surface area (TPSA) is 104 Å². The van der Waals surface area contributed by atoms with Crippen LogP contribution in [0.5, 0.6) is 5.75 Å². The van der Waals surface area contributed by atoms with Crippen molar-refractivity contribution in [1.82, 2.24) is 15.7 Å². The van der Waals surface area contributed by atoms with Crippen molar-refractivity contribution in [2.75, 3.05) is 27.2 Å². The second-order valence-electron chi connectivity index (χ2n) is 6.79. The van der Waals surface area contributed by atoms with Crippen LogP contribution in [0.15, 0.2) is 59.0 Å². The second kappa shape index (κ2) is 11.6. The van der Waals surface area contributed by atoms with E-state index in [-0.39, 0.29) is 24.8 Å². The minimum atomic E-state index is -0.598. The van der Waals surface area contributed by atoms with Crippen molar-refractivity contribution in [1.29, 1.82) is 0 Å². The lowest BCUT2D eigenvalue weighted by Crippen LogP contribution is -2.29. The van der Waals surface area contributed by atoms with Crippen molar-refractivity contribution in [3.05, 3.63) is 77.2 Å². The maximum Gasteiger partial charge on any atom is 0.287 e. The molecule has 2 amide bonds. The molecule has 0 radical (unpaired) electrons. The average Bonchev–Trinajstić information content (AvgIpc) is 2.81. The van der Waals surface area contributed by atoms with Crippen molar-refractivity contribution in [3.8, 4) is 5.75 Å². The van der Waals surface area contributed by atoms with Crippen LogP contribution in [0.25, 0.3) is 0 Å². The third kappa shape index (κ3) is 7.23. The molecule has 2 aromatic rings. The number of ether oxygens (including phenoxy) is 1. The van der Waals surface area contributed by atoms with Gasteiger partial charge < -0.3 is 19.4 Å². The molecule has 1 heterocycles. The Morgan fingerprint density at radius 2 is 1.73 bits per heavy atom. The summed E-state index contributed by atoms with van der Waals surface area (Å²) >= 11 is 0. The van der Waals surface area contributed by atoms with E-state index in [1.165, 1.54) is 12.1 Å². The van der Waals surface area contributed by atoms with Gasteiger partial charge in [0.2, 0.25) is 0 Å². The first-order chi connectivity index (χ1) is 14.4. The summed E-state index contributed by atoms with van der Waals surface area (Å²) in [4.78, 5) is 26.0. The van der Waals surface area contributed by atoms with Crippen LogP contribution in [0, 0.1) is 6.92 Å². The number of carbonyl (C=O) groups excluding carboxylic acids is 2. The van der Waals surface area contributed by atoms with Gasteiger partial charge in [-0.1, -0.05) is 24.3 Å². The molecule has 1 aromatic heterocycles. The second-order valence-corrected chi connectivity index (χ2v) is 6.79. The zero-order chi connectivity index (χ0) is 21.9. The fourth-order valence-electron chi connectivity index (χ4n) is 2.60. The Morgan fingerprint density at radius 1 is 1.03 bits per heavy atom. The lowest BCUT2D eigenvalue weighted by molar-refractivity contribution is 0.0706. The summed E-state index contributed by atoms with van der Waals surface area (Å²) in [5, 5.41) is 11.4.